The van der Waals surface area contributed by atoms with Crippen molar-refractivity contribution in [3.63, 3.8) is 0 Å². The Morgan fingerprint density at radius 1 is 1.45 bits per heavy atom. The third kappa shape index (κ3) is 3.13. The zero-order chi connectivity index (χ0) is 13.9. The highest BCUT2D eigenvalue weighted by atomic mass is 79.9. The van der Waals surface area contributed by atoms with Crippen molar-refractivity contribution in [1.29, 1.82) is 0 Å². The zero-order valence-electron chi connectivity index (χ0n) is 11.7. The average molecular weight is 335 g/mol. The van der Waals surface area contributed by atoms with E-state index in [2.05, 4.69) is 51.5 Å². The van der Waals surface area contributed by atoms with E-state index in [1.807, 2.05) is 6.20 Å². The van der Waals surface area contributed by atoms with Gasteiger partial charge >= 0.3 is 0 Å². The van der Waals surface area contributed by atoms with E-state index in [1.54, 1.807) is 0 Å². The minimum atomic E-state index is 0.517. The topological polar surface area (TPSA) is 38.1 Å². The maximum atomic E-state index is 5.29. The first-order valence-electron chi connectivity index (χ1n) is 7.13. The molecule has 0 bridgehead atoms. The molecule has 3 nitrogen and oxygen atoms in total. The minimum absolute atomic E-state index is 0.517. The predicted molar refractivity (Wildman–Crippen MR) is 82.9 cm³/mol. The largest absolute Gasteiger partial charge is 0.361 e. The molecule has 1 aliphatic rings. The third-order valence-corrected chi connectivity index (χ3v) is 4.56. The van der Waals surface area contributed by atoms with Crippen LogP contribution in [0, 0.1) is 6.92 Å². The van der Waals surface area contributed by atoms with Gasteiger partial charge in [-0.3, -0.25) is 0 Å². The molecular weight excluding hydrogens is 316 g/mol. The Labute approximate surface area is 127 Å². The molecule has 1 N–H and O–H groups in total. The summed E-state index contributed by atoms with van der Waals surface area (Å²) in [5.41, 5.74) is 4.05. The molecule has 20 heavy (non-hydrogen) atoms. The van der Waals surface area contributed by atoms with E-state index in [0.29, 0.717) is 6.04 Å². The smallest absolute Gasteiger partial charge is 0.141 e. The van der Waals surface area contributed by atoms with Crippen LogP contribution in [-0.4, -0.2) is 17.7 Å². The molecule has 0 radical (unpaired) electrons. The summed E-state index contributed by atoms with van der Waals surface area (Å²) in [6.45, 7) is 3.18. The molecule has 0 amide bonds. The molecule has 1 atom stereocenters. The number of halogens is 1. The van der Waals surface area contributed by atoms with E-state index in [0.717, 1.165) is 36.0 Å². The molecule has 1 aromatic carbocycles. The van der Waals surface area contributed by atoms with Crippen molar-refractivity contribution < 1.29 is 4.52 Å². The number of nitrogens with one attached hydrogen (secondary N) is 1. The molecule has 0 saturated heterocycles. The molecule has 0 saturated carbocycles. The van der Waals surface area contributed by atoms with E-state index in [-0.39, 0.29) is 0 Å². The van der Waals surface area contributed by atoms with Gasteiger partial charge in [-0.2, -0.15) is 0 Å². The number of hydrogen-bond donors (Lipinski definition) is 1. The van der Waals surface area contributed by atoms with Crippen LogP contribution in [0.5, 0.6) is 0 Å². The Kier molecular flexibility index (Phi) is 4.22. The summed E-state index contributed by atoms with van der Waals surface area (Å²) < 4.78 is 6.44. The number of hydrogen-bond acceptors (Lipinski definition) is 3. The number of nitrogens with zero attached hydrogens (tertiary/aromatic N) is 1. The van der Waals surface area contributed by atoms with Crippen molar-refractivity contribution in [2.45, 2.75) is 38.6 Å². The lowest BCUT2D eigenvalue weighted by molar-refractivity contribution is 0.345. The summed E-state index contributed by atoms with van der Waals surface area (Å²) in [6.07, 6.45) is 6.13. The second kappa shape index (κ2) is 6.10. The third-order valence-electron chi connectivity index (χ3n) is 4.06. The van der Waals surface area contributed by atoms with Crippen LogP contribution in [0.3, 0.4) is 0 Å². The summed E-state index contributed by atoms with van der Waals surface area (Å²) in [6, 6.07) is 6.99. The van der Waals surface area contributed by atoms with E-state index < -0.39 is 0 Å². The fourth-order valence-corrected chi connectivity index (χ4v) is 3.22. The summed E-state index contributed by atoms with van der Waals surface area (Å²) in [5.74, 6) is 1.06. The van der Waals surface area contributed by atoms with E-state index in [4.69, 9.17) is 4.52 Å². The van der Waals surface area contributed by atoms with E-state index in [1.165, 1.54) is 23.1 Å². The van der Waals surface area contributed by atoms with Crippen LogP contribution < -0.4 is 5.32 Å². The van der Waals surface area contributed by atoms with Crippen LogP contribution in [0.25, 0.3) is 0 Å². The van der Waals surface area contributed by atoms with Gasteiger partial charge in [-0.15, -0.1) is 0 Å². The van der Waals surface area contributed by atoms with Crippen LogP contribution in [0.15, 0.2) is 33.4 Å². The Morgan fingerprint density at radius 3 is 3.25 bits per heavy atom. The maximum Gasteiger partial charge on any atom is 0.141 e. The number of fused-ring (bicyclic) bond motifs is 1. The predicted octanol–water partition coefficient (Wildman–Crippen LogP) is 3.44. The van der Waals surface area contributed by atoms with Gasteiger partial charge < -0.3 is 9.84 Å². The maximum absolute atomic E-state index is 5.29. The van der Waals surface area contributed by atoms with Crippen molar-refractivity contribution in [2.75, 3.05) is 6.54 Å². The Morgan fingerprint density at radius 2 is 2.35 bits per heavy atom. The molecule has 1 aromatic heterocycles. The number of benzene rings is 1. The summed E-state index contributed by atoms with van der Waals surface area (Å²) in [7, 11) is 0. The molecule has 1 unspecified atom stereocenters. The lowest BCUT2D eigenvalue weighted by Gasteiger charge is -2.22. The van der Waals surface area contributed by atoms with Crippen LogP contribution >= 0.6 is 15.9 Å². The quantitative estimate of drug-likeness (QED) is 0.930. The Hall–Kier alpha value is -1.13. The first kappa shape index (κ1) is 13.8. The Bertz CT molecular complexity index is 594. The molecule has 1 aliphatic carbocycles. The molecule has 106 valence electrons. The lowest BCUT2D eigenvalue weighted by atomic mass is 9.94. The standard InChI is InChI=1S/C16H19BrN2O/c1-11-2-4-14(17)8-12(11)6-7-18-15-5-3-13-10-19-20-16(13)9-15/h2,4,8,10,15,18H,3,5-7,9H2,1H3. The Balaban J connectivity index is 1.52. The summed E-state index contributed by atoms with van der Waals surface area (Å²) >= 11 is 3.54. The van der Waals surface area contributed by atoms with Gasteiger partial charge in [0, 0.05) is 22.5 Å². The molecule has 4 heteroatoms. The molecule has 2 aromatic rings. The number of rotatable bonds is 4. The van der Waals surface area contributed by atoms with Gasteiger partial charge in [-0.05, 0) is 56.0 Å². The molecule has 0 fully saturated rings. The van der Waals surface area contributed by atoms with Crippen LogP contribution in [0.2, 0.25) is 0 Å². The van der Waals surface area contributed by atoms with Crippen molar-refractivity contribution in [2.24, 2.45) is 0 Å². The molecule has 1 heterocycles. The van der Waals surface area contributed by atoms with E-state index >= 15 is 0 Å². The first-order valence-corrected chi connectivity index (χ1v) is 7.92. The van der Waals surface area contributed by atoms with Gasteiger partial charge in [-0.1, -0.05) is 27.2 Å². The molecule has 3 rings (SSSR count). The highest BCUT2D eigenvalue weighted by Crippen LogP contribution is 2.21. The van der Waals surface area contributed by atoms with Gasteiger partial charge in [0.2, 0.25) is 0 Å². The van der Waals surface area contributed by atoms with Crippen molar-refractivity contribution >= 4 is 15.9 Å². The summed E-state index contributed by atoms with van der Waals surface area (Å²) in [5, 5.41) is 7.52. The minimum Gasteiger partial charge on any atom is -0.361 e. The summed E-state index contributed by atoms with van der Waals surface area (Å²) in [4.78, 5) is 0. The van der Waals surface area contributed by atoms with Crippen molar-refractivity contribution in [3.8, 4) is 0 Å². The fourth-order valence-electron chi connectivity index (χ4n) is 2.81. The molecular formula is C16H19BrN2O. The zero-order valence-corrected chi connectivity index (χ0v) is 13.2. The SMILES string of the molecule is Cc1ccc(Br)cc1CCNC1CCc2cnoc2C1. The van der Waals surface area contributed by atoms with Crippen LogP contribution in [-0.2, 0) is 19.3 Å². The van der Waals surface area contributed by atoms with Crippen LogP contribution in [0.4, 0.5) is 0 Å². The monoisotopic (exact) mass is 334 g/mol. The molecule has 0 spiro atoms. The highest BCUT2D eigenvalue weighted by Gasteiger charge is 2.21. The fraction of sp³-hybridized carbons (Fsp3) is 0.438. The van der Waals surface area contributed by atoms with Gasteiger partial charge in [0.1, 0.15) is 5.76 Å². The number of aryl methyl sites for hydroxylation is 2. The van der Waals surface area contributed by atoms with Gasteiger partial charge in [0.15, 0.2) is 0 Å². The van der Waals surface area contributed by atoms with Gasteiger partial charge in [0.25, 0.3) is 0 Å². The second-order valence-electron chi connectivity index (χ2n) is 5.49. The number of aromatic nitrogens is 1. The van der Waals surface area contributed by atoms with Gasteiger partial charge in [-0.25, -0.2) is 0 Å². The average Bonchev–Trinajstić information content (AvgIpc) is 2.90. The second-order valence-corrected chi connectivity index (χ2v) is 6.40. The van der Waals surface area contributed by atoms with Crippen molar-refractivity contribution in [1.82, 2.24) is 10.5 Å². The van der Waals surface area contributed by atoms with Crippen molar-refractivity contribution in [3.05, 3.63) is 51.3 Å². The first-order chi connectivity index (χ1) is 9.72. The highest BCUT2D eigenvalue weighted by molar-refractivity contribution is 9.10. The van der Waals surface area contributed by atoms with Gasteiger partial charge in [0.05, 0.1) is 6.20 Å². The normalized spacial score (nSPS) is 18.0. The van der Waals surface area contributed by atoms with Crippen LogP contribution in [0.1, 0.15) is 28.9 Å². The lowest BCUT2D eigenvalue weighted by Crippen LogP contribution is -2.35. The van der Waals surface area contributed by atoms with E-state index in [9.17, 15) is 0 Å². The molecule has 0 aliphatic heterocycles.